The Morgan fingerprint density at radius 1 is 0.919 bits per heavy atom. The van der Waals surface area contributed by atoms with Crippen molar-refractivity contribution in [3.63, 3.8) is 0 Å². The van der Waals surface area contributed by atoms with E-state index in [0.717, 1.165) is 45.1 Å². The Morgan fingerprint density at radius 2 is 1.73 bits per heavy atom. The van der Waals surface area contributed by atoms with E-state index in [1.165, 1.54) is 0 Å². The normalized spacial score (nSPS) is 10.8. The van der Waals surface area contributed by atoms with E-state index in [2.05, 4.69) is 16.5 Å². The molecule has 0 bridgehead atoms. The van der Waals surface area contributed by atoms with Gasteiger partial charge in [-0.25, -0.2) is 0 Å². The highest BCUT2D eigenvalue weighted by Gasteiger charge is 2.17. The first-order valence-electron chi connectivity index (χ1n) is 12.1. The topological polar surface area (TPSA) is 74.6 Å². The predicted octanol–water partition coefficient (Wildman–Crippen LogP) is 6.01. The zero-order chi connectivity index (χ0) is 26.5. The lowest BCUT2D eigenvalue weighted by Crippen LogP contribution is -2.14. The first kappa shape index (κ1) is 25.8. The molecule has 0 fully saturated rings. The number of aromatic nitrogens is 2. The van der Waals surface area contributed by atoms with Crippen molar-refractivity contribution < 1.29 is 19.0 Å². The van der Waals surface area contributed by atoms with E-state index < -0.39 is 0 Å². The number of hydrogen-bond donors (Lipinski definition) is 1. The molecule has 192 valence electrons. The highest BCUT2D eigenvalue weighted by molar-refractivity contribution is 6.05. The fraction of sp³-hybridized carbons (Fsp3) is 0.267. The Labute approximate surface area is 218 Å². The molecule has 1 heterocycles. The van der Waals surface area contributed by atoms with Crippen molar-refractivity contribution in [3.05, 3.63) is 99.9 Å². The third-order valence-corrected chi connectivity index (χ3v) is 6.36. The number of rotatable bonds is 9. The maximum absolute atomic E-state index is 13.2. The van der Waals surface area contributed by atoms with Gasteiger partial charge in [0.25, 0.3) is 5.91 Å². The summed E-state index contributed by atoms with van der Waals surface area (Å²) in [6, 6.07) is 19.3. The van der Waals surface area contributed by atoms with E-state index in [4.69, 9.17) is 14.2 Å². The molecule has 0 aliphatic rings. The molecule has 7 heteroatoms. The highest BCUT2D eigenvalue weighted by Crippen LogP contribution is 2.26. The Hall–Kier alpha value is -4.26. The molecule has 3 aromatic carbocycles. The number of carbonyl (C=O) groups excluding carboxylic acids is 1. The molecule has 1 amide bonds. The highest BCUT2D eigenvalue weighted by atomic mass is 16.5. The molecule has 0 aliphatic carbocycles. The van der Waals surface area contributed by atoms with Gasteiger partial charge >= 0.3 is 0 Å². The summed E-state index contributed by atoms with van der Waals surface area (Å²) in [6.45, 7) is 8.73. The van der Waals surface area contributed by atoms with Crippen LogP contribution >= 0.6 is 0 Å². The molecular weight excluding hydrogens is 466 g/mol. The average Bonchev–Trinajstić information content (AvgIpc) is 3.16. The minimum Gasteiger partial charge on any atom is -0.497 e. The van der Waals surface area contributed by atoms with Crippen molar-refractivity contribution in [3.8, 4) is 17.2 Å². The largest absolute Gasteiger partial charge is 0.497 e. The van der Waals surface area contributed by atoms with Crippen molar-refractivity contribution in [2.45, 2.75) is 40.8 Å². The molecule has 1 aromatic heterocycles. The standard InChI is InChI=1S/C30H33N3O4/c1-19-10-11-20(2)28(14-19)37-18-25-16-24(12-13-27(25)36-6)30(34)31-29-21(3)32-33(22(29)4)17-23-8-7-9-26(15-23)35-5/h7-16H,17-18H2,1-6H3,(H,31,34). The number of nitrogens with one attached hydrogen (secondary N) is 1. The monoisotopic (exact) mass is 499 g/mol. The number of nitrogens with zero attached hydrogens (tertiary/aromatic N) is 2. The SMILES string of the molecule is COc1cccc(Cn2nc(C)c(NC(=O)c3ccc(OC)c(COc4cc(C)ccc4C)c3)c2C)c1. The molecule has 4 aromatic rings. The second kappa shape index (κ2) is 11.2. The molecule has 0 saturated carbocycles. The summed E-state index contributed by atoms with van der Waals surface area (Å²) in [5.41, 5.74) is 6.87. The van der Waals surface area contributed by atoms with Crippen molar-refractivity contribution in [2.75, 3.05) is 19.5 Å². The Kier molecular flexibility index (Phi) is 7.82. The Morgan fingerprint density at radius 3 is 2.49 bits per heavy atom. The lowest BCUT2D eigenvalue weighted by Gasteiger charge is -2.14. The fourth-order valence-electron chi connectivity index (χ4n) is 4.21. The first-order valence-corrected chi connectivity index (χ1v) is 12.1. The van der Waals surface area contributed by atoms with E-state index in [9.17, 15) is 4.79 Å². The number of hydrogen-bond acceptors (Lipinski definition) is 5. The minimum absolute atomic E-state index is 0.220. The lowest BCUT2D eigenvalue weighted by molar-refractivity contribution is 0.102. The molecule has 37 heavy (non-hydrogen) atoms. The van der Waals surface area contributed by atoms with Gasteiger partial charge in [0.1, 0.15) is 23.9 Å². The van der Waals surface area contributed by atoms with Gasteiger partial charge in [-0.3, -0.25) is 9.48 Å². The van der Waals surface area contributed by atoms with Gasteiger partial charge in [0.15, 0.2) is 0 Å². The molecule has 0 aliphatic heterocycles. The third-order valence-electron chi connectivity index (χ3n) is 6.36. The Balaban J connectivity index is 1.52. The quantitative estimate of drug-likeness (QED) is 0.305. The number of methoxy groups -OCH3 is 2. The molecule has 0 radical (unpaired) electrons. The van der Waals surface area contributed by atoms with Crippen LogP contribution in [0.2, 0.25) is 0 Å². The van der Waals surface area contributed by atoms with Crippen molar-refractivity contribution >= 4 is 11.6 Å². The first-order chi connectivity index (χ1) is 17.8. The van der Waals surface area contributed by atoms with Crippen LogP contribution in [0.4, 0.5) is 5.69 Å². The van der Waals surface area contributed by atoms with Gasteiger partial charge in [0.2, 0.25) is 0 Å². The van der Waals surface area contributed by atoms with Crippen molar-refractivity contribution in [1.82, 2.24) is 9.78 Å². The molecule has 0 saturated heterocycles. The number of ether oxygens (including phenoxy) is 3. The van der Waals surface area contributed by atoms with E-state index in [1.807, 2.05) is 74.8 Å². The van der Waals surface area contributed by atoms with E-state index in [-0.39, 0.29) is 12.5 Å². The molecule has 0 unspecified atom stereocenters. The zero-order valence-electron chi connectivity index (χ0n) is 22.2. The lowest BCUT2D eigenvalue weighted by atomic mass is 10.1. The van der Waals surface area contributed by atoms with Gasteiger partial charge in [0, 0.05) is 11.1 Å². The zero-order valence-corrected chi connectivity index (χ0v) is 22.2. The van der Waals surface area contributed by atoms with Gasteiger partial charge in [0.05, 0.1) is 37.8 Å². The number of amides is 1. The van der Waals surface area contributed by atoms with Gasteiger partial charge in [-0.15, -0.1) is 0 Å². The van der Waals surface area contributed by atoms with Gasteiger partial charge in [-0.05, 0) is 80.8 Å². The van der Waals surface area contributed by atoms with E-state index in [0.29, 0.717) is 23.5 Å². The van der Waals surface area contributed by atoms with Crippen LogP contribution in [0.15, 0.2) is 60.7 Å². The molecular formula is C30H33N3O4. The minimum atomic E-state index is -0.220. The summed E-state index contributed by atoms with van der Waals surface area (Å²) in [7, 11) is 3.26. The summed E-state index contributed by atoms with van der Waals surface area (Å²) in [5.74, 6) is 2.05. The molecule has 1 N–H and O–H groups in total. The van der Waals surface area contributed by atoms with Crippen LogP contribution in [0.1, 0.15) is 44.0 Å². The van der Waals surface area contributed by atoms with Crippen LogP contribution in [-0.4, -0.2) is 29.9 Å². The van der Waals surface area contributed by atoms with Gasteiger partial charge in [-0.2, -0.15) is 5.10 Å². The molecule has 7 nitrogen and oxygen atoms in total. The fourth-order valence-corrected chi connectivity index (χ4v) is 4.21. The number of benzene rings is 3. The van der Waals surface area contributed by atoms with Gasteiger partial charge < -0.3 is 19.5 Å². The number of carbonyl (C=O) groups is 1. The predicted molar refractivity (Wildman–Crippen MR) is 145 cm³/mol. The average molecular weight is 500 g/mol. The van der Waals surface area contributed by atoms with Crippen LogP contribution in [0.25, 0.3) is 0 Å². The van der Waals surface area contributed by atoms with Gasteiger partial charge in [-0.1, -0.05) is 24.3 Å². The molecule has 0 spiro atoms. The van der Waals surface area contributed by atoms with Crippen molar-refractivity contribution in [1.29, 1.82) is 0 Å². The van der Waals surface area contributed by atoms with Crippen LogP contribution in [-0.2, 0) is 13.2 Å². The summed E-state index contributed by atoms with van der Waals surface area (Å²) in [5, 5.41) is 7.70. The number of aryl methyl sites for hydroxylation is 3. The summed E-state index contributed by atoms with van der Waals surface area (Å²) in [4.78, 5) is 13.2. The second-order valence-corrected chi connectivity index (χ2v) is 9.09. The van der Waals surface area contributed by atoms with E-state index in [1.54, 1.807) is 26.4 Å². The maximum atomic E-state index is 13.2. The molecule has 4 rings (SSSR count). The van der Waals surface area contributed by atoms with Crippen LogP contribution in [0.3, 0.4) is 0 Å². The second-order valence-electron chi connectivity index (χ2n) is 9.09. The smallest absolute Gasteiger partial charge is 0.255 e. The van der Waals surface area contributed by atoms with Crippen LogP contribution in [0.5, 0.6) is 17.2 Å². The molecule has 0 atom stereocenters. The Bertz CT molecular complexity index is 1420. The number of anilines is 1. The summed E-state index contributed by atoms with van der Waals surface area (Å²) in [6.07, 6.45) is 0. The summed E-state index contributed by atoms with van der Waals surface area (Å²) >= 11 is 0. The van der Waals surface area contributed by atoms with Crippen molar-refractivity contribution in [2.24, 2.45) is 0 Å². The van der Waals surface area contributed by atoms with Crippen LogP contribution in [0, 0.1) is 27.7 Å². The van der Waals surface area contributed by atoms with Crippen LogP contribution < -0.4 is 19.5 Å². The maximum Gasteiger partial charge on any atom is 0.255 e. The summed E-state index contributed by atoms with van der Waals surface area (Å²) < 4.78 is 18.8. The third kappa shape index (κ3) is 5.94. The van der Waals surface area contributed by atoms with E-state index >= 15 is 0 Å².